The van der Waals surface area contributed by atoms with Crippen LogP contribution in [0.4, 0.5) is 13.2 Å². The third-order valence-corrected chi connectivity index (χ3v) is 4.11. The molecular formula is C9H7F3N2O2S. The van der Waals surface area contributed by atoms with Crippen molar-refractivity contribution in [3.05, 3.63) is 34.9 Å². The first-order chi connectivity index (χ1) is 7.81. The zero-order chi connectivity index (χ0) is 12.4. The first kappa shape index (κ1) is 11.0. The van der Waals surface area contributed by atoms with Gasteiger partial charge in [0.15, 0.2) is 5.79 Å². The molecular weight excluding hydrogens is 257 g/mol. The summed E-state index contributed by atoms with van der Waals surface area (Å²) in [6, 6.07) is 0.272. The van der Waals surface area contributed by atoms with Crippen LogP contribution in [0.15, 0.2) is 12.1 Å². The number of alkyl halides is 1. The molecule has 8 heteroatoms. The lowest BCUT2D eigenvalue weighted by molar-refractivity contribution is 0.137. The fourth-order valence-corrected chi connectivity index (χ4v) is 3.68. The summed E-state index contributed by atoms with van der Waals surface area (Å²) in [5, 5.41) is 0. The summed E-state index contributed by atoms with van der Waals surface area (Å²) < 4.78 is 66.8. The maximum absolute atomic E-state index is 14.3. The zero-order valence-electron chi connectivity index (χ0n) is 8.30. The summed E-state index contributed by atoms with van der Waals surface area (Å²) >= 11 is 0. The Kier molecular flexibility index (Phi) is 1.94. The van der Waals surface area contributed by atoms with Gasteiger partial charge >= 0.3 is 0 Å². The van der Waals surface area contributed by atoms with Gasteiger partial charge in [-0.25, -0.2) is 13.2 Å². The summed E-state index contributed by atoms with van der Waals surface area (Å²) in [6.07, 6.45) is -0.395. The van der Waals surface area contributed by atoms with Crippen LogP contribution in [0.25, 0.3) is 0 Å². The largest absolute Gasteiger partial charge is 0.280 e. The molecule has 4 nitrogen and oxygen atoms in total. The Bertz CT molecular complexity index is 619. The van der Waals surface area contributed by atoms with Crippen LogP contribution in [-0.4, -0.2) is 14.2 Å². The number of hydrogen-bond donors (Lipinski definition) is 2. The molecule has 0 radical (unpaired) electrons. The van der Waals surface area contributed by atoms with Crippen LogP contribution in [0.5, 0.6) is 0 Å². The van der Waals surface area contributed by atoms with E-state index in [1.807, 2.05) is 4.72 Å². The second-order valence-corrected chi connectivity index (χ2v) is 5.60. The molecule has 0 spiro atoms. The van der Waals surface area contributed by atoms with E-state index in [2.05, 4.69) is 0 Å². The molecule has 17 heavy (non-hydrogen) atoms. The molecule has 1 aromatic carbocycles. The second-order valence-electron chi connectivity index (χ2n) is 4.16. The quantitative estimate of drug-likeness (QED) is 0.676. The monoisotopic (exact) mass is 264 g/mol. The maximum atomic E-state index is 14.3. The molecule has 2 atom stereocenters. The molecule has 1 unspecified atom stereocenters. The van der Waals surface area contributed by atoms with E-state index in [0.717, 1.165) is 6.07 Å². The first-order valence-electron chi connectivity index (χ1n) is 4.79. The molecule has 2 N–H and O–H groups in total. The number of benzene rings is 1. The standard InChI is InChI=1S/C9H7F3N2O2S/c10-5-1-4-3-9(12)8(7(4)6(11)2-5)13-17(15,16)14-9/h1-2,8,13-14H,3H2/t8-,9?/m0/s1. The minimum absolute atomic E-state index is 0.130. The topological polar surface area (TPSA) is 58.2 Å². The van der Waals surface area contributed by atoms with E-state index in [9.17, 15) is 21.6 Å². The average molecular weight is 264 g/mol. The van der Waals surface area contributed by atoms with Gasteiger partial charge in [0.25, 0.3) is 10.2 Å². The van der Waals surface area contributed by atoms with Crippen LogP contribution >= 0.6 is 0 Å². The molecule has 2 aliphatic rings. The second kappa shape index (κ2) is 3.01. The van der Waals surface area contributed by atoms with Crippen molar-refractivity contribution >= 4 is 10.2 Å². The molecule has 0 aromatic heterocycles. The van der Waals surface area contributed by atoms with Crippen LogP contribution in [-0.2, 0) is 16.6 Å². The lowest BCUT2D eigenvalue weighted by atomic mass is 10.1. The van der Waals surface area contributed by atoms with E-state index in [4.69, 9.17) is 0 Å². The molecule has 3 rings (SSSR count). The Morgan fingerprint density at radius 2 is 2.06 bits per heavy atom. The van der Waals surface area contributed by atoms with Gasteiger partial charge in [-0.05, 0) is 11.6 Å². The molecule has 1 aromatic rings. The highest BCUT2D eigenvalue weighted by Gasteiger charge is 2.57. The number of hydrogen-bond acceptors (Lipinski definition) is 2. The van der Waals surface area contributed by atoms with Crippen LogP contribution in [0.1, 0.15) is 17.2 Å². The number of rotatable bonds is 0. The van der Waals surface area contributed by atoms with E-state index in [0.29, 0.717) is 6.07 Å². The van der Waals surface area contributed by atoms with Crippen molar-refractivity contribution < 1.29 is 21.6 Å². The number of fused-ring (bicyclic) bond motifs is 3. The van der Waals surface area contributed by atoms with E-state index in [1.165, 1.54) is 0 Å². The smallest absolute Gasteiger partial charge is 0.223 e. The van der Waals surface area contributed by atoms with E-state index in [-0.39, 0.29) is 11.1 Å². The van der Waals surface area contributed by atoms with Crippen molar-refractivity contribution in [2.75, 3.05) is 0 Å². The van der Waals surface area contributed by atoms with E-state index < -0.39 is 40.1 Å². The van der Waals surface area contributed by atoms with Gasteiger partial charge in [0.1, 0.15) is 11.6 Å². The number of halogens is 3. The highest BCUT2D eigenvalue weighted by Crippen LogP contribution is 2.45. The normalized spacial score (nSPS) is 33.5. The van der Waals surface area contributed by atoms with Crippen LogP contribution in [0.3, 0.4) is 0 Å². The Morgan fingerprint density at radius 3 is 2.76 bits per heavy atom. The van der Waals surface area contributed by atoms with Crippen molar-refractivity contribution in [1.82, 2.24) is 9.44 Å². The fraction of sp³-hybridized carbons (Fsp3) is 0.333. The molecule has 1 aliphatic carbocycles. The maximum Gasteiger partial charge on any atom is 0.280 e. The Balaban J connectivity index is 2.19. The molecule has 1 heterocycles. The average Bonchev–Trinajstić information content (AvgIpc) is 2.47. The molecule has 1 aliphatic heterocycles. The highest BCUT2D eigenvalue weighted by molar-refractivity contribution is 7.87. The number of nitrogens with one attached hydrogen (secondary N) is 2. The van der Waals surface area contributed by atoms with Crippen LogP contribution < -0.4 is 9.44 Å². The predicted octanol–water partition coefficient (Wildman–Crippen LogP) is 0.665. The Labute approximate surface area is 95.0 Å². The molecule has 0 saturated carbocycles. The third kappa shape index (κ3) is 1.48. The first-order valence-corrected chi connectivity index (χ1v) is 6.27. The molecule has 0 bridgehead atoms. The fourth-order valence-electron chi connectivity index (χ4n) is 2.37. The van der Waals surface area contributed by atoms with Gasteiger partial charge in [0.05, 0.1) is 6.04 Å². The van der Waals surface area contributed by atoms with Crippen LogP contribution in [0, 0.1) is 11.6 Å². The van der Waals surface area contributed by atoms with Gasteiger partial charge in [-0.1, -0.05) is 0 Å². The van der Waals surface area contributed by atoms with Crippen molar-refractivity contribution in [1.29, 1.82) is 0 Å². The molecule has 1 saturated heterocycles. The van der Waals surface area contributed by atoms with Gasteiger partial charge in [0.2, 0.25) is 0 Å². The van der Waals surface area contributed by atoms with Crippen LogP contribution in [0.2, 0.25) is 0 Å². The van der Waals surface area contributed by atoms with Gasteiger partial charge in [-0.3, -0.25) is 0 Å². The molecule has 1 fully saturated rings. The lowest BCUT2D eigenvalue weighted by Crippen LogP contribution is -2.39. The SMILES string of the molecule is O=S1(=O)N[C@H]2c3c(F)cc(F)cc3CC2(F)N1. The van der Waals surface area contributed by atoms with E-state index in [1.54, 1.807) is 4.72 Å². The van der Waals surface area contributed by atoms with Gasteiger partial charge in [0, 0.05) is 18.1 Å². The summed E-state index contributed by atoms with van der Waals surface area (Å²) in [5.41, 5.74) is -0.00706. The van der Waals surface area contributed by atoms with Crippen molar-refractivity contribution in [3.8, 4) is 0 Å². The molecule has 92 valence electrons. The summed E-state index contributed by atoms with van der Waals surface area (Å²) in [7, 11) is -3.97. The van der Waals surface area contributed by atoms with E-state index >= 15 is 0 Å². The summed E-state index contributed by atoms with van der Waals surface area (Å²) in [6.45, 7) is 0. The van der Waals surface area contributed by atoms with Crippen molar-refractivity contribution in [2.24, 2.45) is 0 Å². The minimum atomic E-state index is -3.97. The lowest BCUT2D eigenvalue weighted by Gasteiger charge is -2.15. The third-order valence-electron chi connectivity index (χ3n) is 2.95. The predicted molar refractivity (Wildman–Crippen MR) is 51.8 cm³/mol. The summed E-state index contributed by atoms with van der Waals surface area (Å²) in [5.74, 6) is -4.08. The Morgan fingerprint density at radius 1 is 1.35 bits per heavy atom. The van der Waals surface area contributed by atoms with Gasteiger partial charge in [-0.2, -0.15) is 17.9 Å². The van der Waals surface area contributed by atoms with Crippen molar-refractivity contribution in [2.45, 2.75) is 18.3 Å². The van der Waals surface area contributed by atoms with Gasteiger partial charge in [-0.15, -0.1) is 0 Å². The molecule has 0 amide bonds. The summed E-state index contributed by atoms with van der Waals surface area (Å²) in [4.78, 5) is 0. The van der Waals surface area contributed by atoms with Gasteiger partial charge < -0.3 is 0 Å². The highest BCUT2D eigenvalue weighted by atomic mass is 32.2. The Hall–Kier alpha value is -1.12. The van der Waals surface area contributed by atoms with Crippen molar-refractivity contribution in [3.63, 3.8) is 0 Å². The zero-order valence-corrected chi connectivity index (χ0v) is 9.11. The minimum Gasteiger partial charge on any atom is -0.223 e.